The molecule has 3 heterocycles. The van der Waals surface area contributed by atoms with E-state index in [0.29, 0.717) is 36.8 Å². The molecule has 34 heavy (non-hydrogen) atoms. The van der Waals surface area contributed by atoms with Gasteiger partial charge in [0.15, 0.2) is 0 Å². The molecule has 0 spiro atoms. The number of nitrogens with one attached hydrogen (secondary N) is 2. The predicted molar refractivity (Wildman–Crippen MR) is 134 cm³/mol. The normalized spacial score (nSPS) is 22.6. The molecule has 180 valence electrons. The highest BCUT2D eigenvalue weighted by Crippen LogP contribution is 2.40. The summed E-state index contributed by atoms with van der Waals surface area (Å²) in [5, 5.41) is 39.0. The highest BCUT2D eigenvalue weighted by Gasteiger charge is 2.47. The zero-order valence-corrected chi connectivity index (χ0v) is 20.5. The van der Waals surface area contributed by atoms with E-state index in [1.54, 1.807) is 20.0 Å². The molecule has 4 rings (SSSR count). The van der Waals surface area contributed by atoms with Gasteiger partial charge >= 0.3 is 0 Å². The maximum absolute atomic E-state index is 10.8. The van der Waals surface area contributed by atoms with Crippen LogP contribution in [-0.4, -0.2) is 65.7 Å². The van der Waals surface area contributed by atoms with Gasteiger partial charge in [0.2, 0.25) is 5.95 Å². The number of aliphatic hydroxyl groups is 3. The second kappa shape index (κ2) is 9.43. The second-order valence-corrected chi connectivity index (χ2v) is 10.3. The van der Waals surface area contributed by atoms with E-state index in [-0.39, 0.29) is 0 Å². The van der Waals surface area contributed by atoms with Gasteiger partial charge in [-0.05, 0) is 40.2 Å². The Morgan fingerprint density at radius 3 is 2.59 bits per heavy atom. The molecule has 1 aliphatic carbocycles. The molecular weight excluding hydrogens is 452 g/mol. The van der Waals surface area contributed by atoms with Crippen LogP contribution in [0.2, 0.25) is 0 Å². The van der Waals surface area contributed by atoms with Crippen LogP contribution in [0, 0.1) is 32.1 Å². The Balaban J connectivity index is 1.75. The van der Waals surface area contributed by atoms with Gasteiger partial charge in [-0.25, -0.2) is 9.97 Å². The van der Waals surface area contributed by atoms with Crippen molar-refractivity contribution < 1.29 is 15.3 Å². The van der Waals surface area contributed by atoms with Gasteiger partial charge in [-0.15, -0.1) is 23.7 Å². The van der Waals surface area contributed by atoms with Gasteiger partial charge < -0.3 is 26.0 Å². The van der Waals surface area contributed by atoms with Crippen LogP contribution in [0.3, 0.4) is 0 Å². The van der Waals surface area contributed by atoms with Gasteiger partial charge in [0.05, 0.1) is 39.4 Å². The fraction of sp³-hybridized carbons (Fsp3) is 0.500. The summed E-state index contributed by atoms with van der Waals surface area (Å²) in [6.07, 6.45) is 5.88. The van der Waals surface area contributed by atoms with Gasteiger partial charge in [-0.2, -0.15) is 4.98 Å². The fourth-order valence-electron chi connectivity index (χ4n) is 4.40. The zero-order valence-electron chi connectivity index (χ0n) is 19.7. The predicted octanol–water partition coefficient (Wildman–Crippen LogP) is 2.49. The van der Waals surface area contributed by atoms with E-state index in [0.717, 1.165) is 26.5 Å². The smallest absolute Gasteiger partial charge is 0.224 e. The van der Waals surface area contributed by atoms with Crippen LogP contribution in [0.1, 0.15) is 38.1 Å². The Hall–Kier alpha value is -2.84. The molecule has 3 aromatic heterocycles. The Morgan fingerprint density at radius 2 is 1.94 bits per heavy atom. The molecule has 0 unspecified atom stereocenters. The van der Waals surface area contributed by atoms with Crippen LogP contribution in [0.15, 0.2) is 12.3 Å². The summed E-state index contributed by atoms with van der Waals surface area (Å²) >= 11 is 1.51. The molecule has 1 aliphatic rings. The van der Waals surface area contributed by atoms with Crippen molar-refractivity contribution >= 4 is 33.3 Å². The number of rotatable bonds is 7. The van der Waals surface area contributed by atoms with Crippen LogP contribution in [0.5, 0.6) is 0 Å². The SMILES string of the molecule is C#CCCNc1nc(C)c(-c2nc3c(C)nccc3s2)c(N[C@@H]2C[C@H](C(C)(C)O)[C@@H](O)[C@H]2O)n1. The molecule has 0 bridgehead atoms. The first kappa shape index (κ1) is 24.3. The lowest BCUT2D eigenvalue weighted by molar-refractivity contribution is -0.0601. The number of fused-ring (bicyclic) bond motifs is 1. The first-order valence-electron chi connectivity index (χ1n) is 11.2. The van der Waals surface area contributed by atoms with Crippen molar-refractivity contribution in [3.05, 3.63) is 23.7 Å². The molecule has 0 amide bonds. The molecule has 3 aromatic rings. The van der Waals surface area contributed by atoms with E-state index in [9.17, 15) is 15.3 Å². The van der Waals surface area contributed by atoms with Crippen LogP contribution < -0.4 is 10.6 Å². The summed E-state index contributed by atoms with van der Waals surface area (Å²) in [6.45, 7) is 7.60. The topological polar surface area (TPSA) is 136 Å². The van der Waals surface area contributed by atoms with E-state index < -0.39 is 29.8 Å². The average molecular weight is 483 g/mol. The van der Waals surface area contributed by atoms with E-state index in [1.165, 1.54) is 11.3 Å². The van der Waals surface area contributed by atoms with Crippen LogP contribution in [0.25, 0.3) is 20.8 Å². The number of terminal acetylenes is 1. The second-order valence-electron chi connectivity index (χ2n) is 9.23. The van der Waals surface area contributed by atoms with Gasteiger partial charge in [0, 0.05) is 25.1 Å². The molecule has 1 saturated carbocycles. The number of thiazole rings is 1. The van der Waals surface area contributed by atoms with Gasteiger partial charge in [-0.1, -0.05) is 0 Å². The summed E-state index contributed by atoms with van der Waals surface area (Å²) in [7, 11) is 0. The van der Waals surface area contributed by atoms with E-state index in [4.69, 9.17) is 11.4 Å². The van der Waals surface area contributed by atoms with E-state index in [2.05, 4.69) is 31.5 Å². The largest absolute Gasteiger partial charge is 0.390 e. The number of aryl methyl sites for hydroxylation is 2. The number of hydrogen-bond donors (Lipinski definition) is 5. The maximum Gasteiger partial charge on any atom is 0.224 e. The molecule has 5 N–H and O–H groups in total. The van der Waals surface area contributed by atoms with Crippen LogP contribution in [-0.2, 0) is 0 Å². The molecule has 10 heteroatoms. The lowest BCUT2D eigenvalue weighted by Crippen LogP contribution is -2.40. The summed E-state index contributed by atoms with van der Waals surface area (Å²) in [6, 6.07) is 1.41. The third-order valence-corrected chi connectivity index (χ3v) is 7.30. The molecule has 1 fully saturated rings. The van der Waals surface area contributed by atoms with E-state index in [1.807, 2.05) is 19.9 Å². The number of hydrogen-bond acceptors (Lipinski definition) is 10. The summed E-state index contributed by atoms with van der Waals surface area (Å²) < 4.78 is 1.00. The Labute approximate surface area is 202 Å². The average Bonchev–Trinajstić information content (AvgIpc) is 3.31. The summed E-state index contributed by atoms with van der Waals surface area (Å²) in [4.78, 5) is 18.4. The van der Waals surface area contributed by atoms with Crippen LogP contribution in [0.4, 0.5) is 11.8 Å². The number of aromatic nitrogens is 4. The maximum atomic E-state index is 10.8. The Bertz CT molecular complexity index is 1230. The Kier molecular flexibility index (Phi) is 6.73. The number of nitrogens with zero attached hydrogens (tertiary/aromatic N) is 4. The minimum Gasteiger partial charge on any atom is -0.390 e. The minimum atomic E-state index is -1.14. The molecule has 0 radical (unpaired) electrons. The third kappa shape index (κ3) is 4.70. The van der Waals surface area contributed by atoms with Crippen molar-refractivity contribution in [3.63, 3.8) is 0 Å². The molecule has 0 aromatic carbocycles. The molecule has 9 nitrogen and oxygen atoms in total. The number of aliphatic hydroxyl groups excluding tert-OH is 2. The first-order valence-corrected chi connectivity index (χ1v) is 12.0. The van der Waals surface area contributed by atoms with Crippen molar-refractivity contribution in [1.82, 2.24) is 19.9 Å². The zero-order chi connectivity index (χ0) is 24.6. The Morgan fingerprint density at radius 1 is 1.18 bits per heavy atom. The van der Waals surface area contributed by atoms with Crippen molar-refractivity contribution in [2.75, 3.05) is 17.2 Å². The van der Waals surface area contributed by atoms with Gasteiger partial charge in [-0.3, -0.25) is 4.98 Å². The van der Waals surface area contributed by atoms with Crippen molar-refractivity contribution in [1.29, 1.82) is 0 Å². The number of anilines is 2. The van der Waals surface area contributed by atoms with Gasteiger partial charge in [0.1, 0.15) is 22.4 Å². The standard InChI is InChI=1S/C24H30N6O3S/c1-6-7-9-26-23-27-12(2)17(22-29-18-13(3)25-10-8-16(18)34-22)21(30-23)28-15-11-14(24(4,5)33)19(31)20(15)32/h1,8,10,14-15,19-20,31-33H,7,9,11H2,2-5H3,(H2,26,27,28,30)/t14-,15+,19+,20-/m0/s1. The lowest BCUT2D eigenvalue weighted by Gasteiger charge is -2.28. The summed E-state index contributed by atoms with van der Waals surface area (Å²) in [5.74, 6) is 2.99. The quantitative estimate of drug-likeness (QED) is 0.254. The first-order chi connectivity index (χ1) is 16.1. The highest BCUT2D eigenvalue weighted by atomic mass is 32.1. The van der Waals surface area contributed by atoms with Crippen molar-refractivity contribution in [2.45, 2.75) is 64.4 Å². The summed E-state index contributed by atoms with van der Waals surface area (Å²) in [5.41, 5.74) is 1.94. The van der Waals surface area contributed by atoms with Crippen molar-refractivity contribution in [2.24, 2.45) is 5.92 Å². The monoisotopic (exact) mass is 482 g/mol. The van der Waals surface area contributed by atoms with Gasteiger partial charge in [0.25, 0.3) is 0 Å². The molecular formula is C24H30N6O3S. The molecule has 0 saturated heterocycles. The molecule has 4 atom stereocenters. The van der Waals surface area contributed by atoms with Crippen molar-refractivity contribution in [3.8, 4) is 22.9 Å². The highest BCUT2D eigenvalue weighted by molar-refractivity contribution is 7.21. The third-order valence-electron chi connectivity index (χ3n) is 6.26. The van der Waals surface area contributed by atoms with Crippen LogP contribution >= 0.6 is 11.3 Å². The minimum absolute atomic E-state index is 0.372. The molecule has 0 aliphatic heterocycles. The lowest BCUT2D eigenvalue weighted by atomic mass is 9.88. The number of pyridine rings is 1. The van der Waals surface area contributed by atoms with E-state index >= 15 is 0 Å². The fourth-order valence-corrected chi connectivity index (χ4v) is 5.51.